The van der Waals surface area contributed by atoms with Crippen molar-refractivity contribution in [1.82, 2.24) is 0 Å². The third kappa shape index (κ3) is 14.5. The standard InChI is InChI=1S/C41H62O3/c1-5-7-9-11-13-14-15-16-17-18-19-20-22-24-26-33-37(32-25-23-21-12-10-8-6-2)44-40(42)41(3,43-4)39-35-29-31-36-30-27-28-34-38(36)39/h16-17,27-31,34-35,37H,5-15,18-24,26,33H2,1-4H3/b17-16+/t37-,41-/m1/s1. The molecule has 0 bridgehead atoms. The highest BCUT2D eigenvalue weighted by molar-refractivity contribution is 5.92. The normalized spacial score (nSPS) is 13.5. The van der Waals surface area contributed by atoms with Gasteiger partial charge in [0.1, 0.15) is 0 Å². The first-order valence-electron chi connectivity index (χ1n) is 17.9. The number of esters is 1. The number of ether oxygens (including phenoxy) is 2. The molecule has 0 saturated carbocycles. The number of carbonyl (C=O) groups is 1. The first-order valence-corrected chi connectivity index (χ1v) is 17.9. The molecule has 0 spiro atoms. The van der Waals surface area contributed by atoms with Crippen molar-refractivity contribution in [2.75, 3.05) is 7.11 Å². The molecular weight excluding hydrogens is 540 g/mol. The van der Waals surface area contributed by atoms with Crippen LogP contribution in [0.5, 0.6) is 0 Å². The van der Waals surface area contributed by atoms with Crippen molar-refractivity contribution in [2.45, 2.75) is 161 Å². The van der Waals surface area contributed by atoms with E-state index in [2.05, 4.69) is 50.0 Å². The molecule has 0 aromatic heterocycles. The molecule has 0 unspecified atom stereocenters. The number of unbranched alkanes of at least 4 members (excludes halogenated alkanes) is 16. The predicted octanol–water partition coefficient (Wildman–Crippen LogP) is 12.0. The van der Waals surface area contributed by atoms with Crippen LogP contribution < -0.4 is 0 Å². The molecule has 2 rings (SSSR count). The van der Waals surface area contributed by atoms with Crippen LogP contribution in [-0.4, -0.2) is 19.2 Å². The summed E-state index contributed by atoms with van der Waals surface area (Å²) in [6.45, 7) is 6.33. The summed E-state index contributed by atoms with van der Waals surface area (Å²) in [4.78, 5) is 13.7. The smallest absolute Gasteiger partial charge is 0.344 e. The van der Waals surface area contributed by atoms with E-state index in [-0.39, 0.29) is 5.97 Å². The predicted molar refractivity (Wildman–Crippen MR) is 189 cm³/mol. The first-order chi connectivity index (χ1) is 21.6. The molecule has 0 aliphatic heterocycles. The molecule has 3 nitrogen and oxygen atoms in total. The molecule has 2 atom stereocenters. The molecule has 2 aromatic carbocycles. The minimum absolute atomic E-state index is 0.369. The fraction of sp³-hybridized carbons (Fsp3) is 0.634. The number of carbonyl (C=O) groups excluding carboxylic acids is 1. The lowest BCUT2D eigenvalue weighted by Crippen LogP contribution is -2.38. The van der Waals surface area contributed by atoms with Gasteiger partial charge >= 0.3 is 5.97 Å². The Balaban J connectivity index is 1.85. The number of hydrogen-bond donors (Lipinski definition) is 0. The summed E-state index contributed by atoms with van der Waals surface area (Å²) in [5, 5.41) is 2.08. The van der Waals surface area contributed by atoms with Gasteiger partial charge in [-0.15, -0.1) is 0 Å². The Morgan fingerprint density at radius 3 is 1.98 bits per heavy atom. The summed E-state index contributed by atoms with van der Waals surface area (Å²) in [6.07, 6.45) is 28.6. The highest BCUT2D eigenvalue weighted by atomic mass is 16.6. The molecule has 0 N–H and O–H groups in total. The van der Waals surface area contributed by atoms with Gasteiger partial charge in [0.15, 0.2) is 11.7 Å². The molecule has 0 aliphatic carbocycles. The Kier molecular flexibility index (Phi) is 20.3. The van der Waals surface area contributed by atoms with E-state index in [1.165, 1.54) is 96.3 Å². The van der Waals surface area contributed by atoms with Gasteiger partial charge < -0.3 is 9.47 Å². The number of fused-ring (bicyclic) bond motifs is 1. The molecule has 0 saturated heterocycles. The third-order valence-corrected chi connectivity index (χ3v) is 8.75. The highest BCUT2D eigenvalue weighted by Crippen LogP contribution is 2.33. The average Bonchev–Trinajstić information content (AvgIpc) is 3.05. The van der Waals surface area contributed by atoms with E-state index < -0.39 is 11.7 Å². The topological polar surface area (TPSA) is 35.5 Å². The van der Waals surface area contributed by atoms with E-state index in [4.69, 9.17) is 9.47 Å². The lowest BCUT2D eigenvalue weighted by molar-refractivity contribution is -0.171. The Hall–Kier alpha value is -2.57. The number of methoxy groups -OCH3 is 1. The van der Waals surface area contributed by atoms with E-state index in [9.17, 15) is 4.79 Å². The van der Waals surface area contributed by atoms with Gasteiger partial charge in [-0.1, -0.05) is 157 Å². The monoisotopic (exact) mass is 602 g/mol. The molecule has 2 aromatic rings. The molecular formula is C41H62O3. The van der Waals surface area contributed by atoms with Crippen molar-refractivity contribution in [3.63, 3.8) is 0 Å². The van der Waals surface area contributed by atoms with Crippen molar-refractivity contribution in [3.8, 4) is 11.8 Å². The number of hydrogen-bond acceptors (Lipinski definition) is 3. The first kappa shape index (κ1) is 37.6. The second-order valence-electron chi connectivity index (χ2n) is 12.5. The lowest BCUT2D eigenvalue weighted by atomic mass is 9.90. The molecule has 244 valence electrons. The van der Waals surface area contributed by atoms with Gasteiger partial charge in [0.2, 0.25) is 0 Å². The zero-order chi connectivity index (χ0) is 31.7. The molecule has 0 radical (unpaired) electrons. The average molecular weight is 603 g/mol. The summed E-state index contributed by atoms with van der Waals surface area (Å²) >= 11 is 0. The zero-order valence-corrected chi connectivity index (χ0v) is 28.6. The van der Waals surface area contributed by atoms with Crippen molar-refractivity contribution >= 4 is 16.7 Å². The van der Waals surface area contributed by atoms with Crippen molar-refractivity contribution in [3.05, 3.63) is 60.2 Å². The Morgan fingerprint density at radius 1 is 0.750 bits per heavy atom. The van der Waals surface area contributed by atoms with Crippen LogP contribution in [0.4, 0.5) is 0 Å². The van der Waals surface area contributed by atoms with Gasteiger partial charge in [0, 0.05) is 19.1 Å². The van der Waals surface area contributed by atoms with E-state index in [1.807, 2.05) is 37.3 Å². The molecule has 44 heavy (non-hydrogen) atoms. The van der Waals surface area contributed by atoms with Crippen LogP contribution in [0.3, 0.4) is 0 Å². The lowest BCUT2D eigenvalue weighted by Gasteiger charge is -2.29. The van der Waals surface area contributed by atoms with Crippen LogP contribution in [0.25, 0.3) is 10.8 Å². The van der Waals surface area contributed by atoms with Crippen LogP contribution in [0.2, 0.25) is 0 Å². The maximum Gasteiger partial charge on any atom is 0.344 e. The fourth-order valence-electron chi connectivity index (χ4n) is 5.75. The molecule has 0 aliphatic rings. The van der Waals surface area contributed by atoms with Gasteiger partial charge in [0.25, 0.3) is 0 Å². The van der Waals surface area contributed by atoms with Gasteiger partial charge in [-0.3, -0.25) is 0 Å². The maximum atomic E-state index is 13.7. The molecule has 0 heterocycles. The zero-order valence-electron chi connectivity index (χ0n) is 28.6. The summed E-state index contributed by atoms with van der Waals surface area (Å²) < 4.78 is 12.0. The second kappa shape index (κ2) is 23.8. The number of rotatable bonds is 24. The van der Waals surface area contributed by atoms with E-state index in [0.29, 0.717) is 0 Å². The van der Waals surface area contributed by atoms with E-state index in [1.54, 1.807) is 7.11 Å². The van der Waals surface area contributed by atoms with Gasteiger partial charge in [-0.25, -0.2) is 4.79 Å². The molecule has 3 heteroatoms. The summed E-state index contributed by atoms with van der Waals surface area (Å²) in [5.41, 5.74) is -0.379. The number of allylic oxidation sites excluding steroid dienone is 2. The van der Waals surface area contributed by atoms with Crippen LogP contribution in [0.1, 0.15) is 155 Å². The highest BCUT2D eigenvalue weighted by Gasteiger charge is 2.39. The molecule has 0 amide bonds. The van der Waals surface area contributed by atoms with Gasteiger partial charge in [-0.05, 0) is 62.6 Å². The van der Waals surface area contributed by atoms with Gasteiger partial charge in [0.05, 0.1) is 0 Å². The van der Waals surface area contributed by atoms with Crippen molar-refractivity contribution in [1.29, 1.82) is 0 Å². The van der Waals surface area contributed by atoms with Crippen LogP contribution in [-0.2, 0) is 19.9 Å². The van der Waals surface area contributed by atoms with Crippen LogP contribution in [0, 0.1) is 11.8 Å². The Labute approximate surface area is 270 Å². The summed E-state index contributed by atoms with van der Waals surface area (Å²) in [7, 11) is 1.59. The Morgan fingerprint density at radius 2 is 1.32 bits per heavy atom. The molecule has 0 fully saturated rings. The Bertz CT molecular complexity index is 1120. The summed E-state index contributed by atoms with van der Waals surface area (Å²) in [6, 6.07) is 14.1. The van der Waals surface area contributed by atoms with E-state index in [0.717, 1.165) is 48.4 Å². The van der Waals surface area contributed by atoms with E-state index >= 15 is 0 Å². The van der Waals surface area contributed by atoms with Crippen LogP contribution >= 0.6 is 0 Å². The number of benzene rings is 2. The third-order valence-electron chi connectivity index (χ3n) is 8.75. The van der Waals surface area contributed by atoms with Crippen molar-refractivity contribution < 1.29 is 14.3 Å². The fourth-order valence-corrected chi connectivity index (χ4v) is 5.75. The minimum atomic E-state index is -1.20. The maximum absolute atomic E-state index is 13.7. The van der Waals surface area contributed by atoms with Crippen LogP contribution in [0.15, 0.2) is 54.6 Å². The quantitative estimate of drug-likeness (QED) is 0.0519. The van der Waals surface area contributed by atoms with Gasteiger partial charge in [-0.2, -0.15) is 0 Å². The second-order valence-corrected chi connectivity index (χ2v) is 12.5. The van der Waals surface area contributed by atoms with Crippen molar-refractivity contribution in [2.24, 2.45) is 0 Å². The SMILES string of the molecule is CCCCCCCC#C[C@H](CCCCCCC/C=C/CCCCCCCC)OC(=O)[C@](C)(OC)c1cccc2ccccc12. The summed E-state index contributed by atoms with van der Waals surface area (Å²) in [5.74, 6) is 6.28. The minimum Gasteiger partial charge on any atom is -0.447 e. The largest absolute Gasteiger partial charge is 0.447 e.